The summed E-state index contributed by atoms with van der Waals surface area (Å²) in [5.41, 5.74) is 1.72. The molecule has 1 N–H and O–H groups in total. The Morgan fingerprint density at radius 3 is 2.41 bits per heavy atom. The third kappa shape index (κ3) is 4.36. The molecule has 0 fully saturated rings. The molecule has 0 saturated carbocycles. The molecule has 0 aliphatic carbocycles. The maximum Gasteiger partial charge on any atom is 0.336 e. The van der Waals surface area contributed by atoms with Gasteiger partial charge in [-0.1, -0.05) is 28.1 Å². The number of benzene rings is 1. The third-order valence-corrected chi connectivity index (χ3v) is 4.43. The first-order chi connectivity index (χ1) is 12.8. The highest BCUT2D eigenvalue weighted by molar-refractivity contribution is 9.09. The molecular weight excluding hydrogens is 420 g/mol. The van der Waals surface area contributed by atoms with Crippen molar-refractivity contribution >= 4 is 33.6 Å². The number of carbonyl (C=O) groups excluding carboxylic acids is 2. The molecule has 0 spiro atoms. The number of hydrogen-bond donors (Lipinski definition) is 1. The van der Waals surface area contributed by atoms with E-state index >= 15 is 0 Å². The van der Waals surface area contributed by atoms with Crippen molar-refractivity contribution < 1.29 is 24.0 Å². The van der Waals surface area contributed by atoms with Gasteiger partial charge in [-0.05, 0) is 19.4 Å². The molecule has 0 aromatic heterocycles. The Morgan fingerprint density at radius 2 is 1.85 bits per heavy atom. The lowest BCUT2D eigenvalue weighted by Gasteiger charge is -2.30. The molecule has 27 heavy (non-hydrogen) atoms. The number of non-ortho nitro benzene ring substituents is 1. The minimum Gasteiger partial charge on any atom is -0.466 e. The number of hydrogen-bond acceptors (Lipinski definition) is 7. The Morgan fingerprint density at radius 1 is 1.22 bits per heavy atom. The van der Waals surface area contributed by atoms with Crippen LogP contribution in [0, 0.1) is 10.1 Å². The van der Waals surface area contributed by atoms with Crippen LogP contribution in [0.1, 0.15) is 25.3 Å². The molecule has 0 unspecified atom stereocenters. The Hall–Kier alpha value is -2.68. The fourth-order valence-electron chi connectivity index (χ4n) is 3.01. The largest absolute Gasteiger partial charge is 0.466 e. The van der Waals surface area contributed by atoms with Gasteiger partial charge < -0.3 is 14.8 Å². The van der Waals surface area contributed by atoms with Gasteiger partial charge in [0.05, 0.1) is 29.1 Å². The summed E-state index contributed by atoms with van der Waals surface area (Å²) >= 11 is 3.19. The van der Waals surface area contributed by atoms with E-state index in [1.165, 1.54) is 25.3 Å². The van der Waals surface area contributed by atoms with Crippen molar-refractivity contribution in [3.05, 3.63) is 62.5 Å². The fraction of sp³-hybridized carbons (Fsp3) is 0.333. The second kappa shape index (κ2) is 8.81. The lowest BCUT2D eigenvalue weighted by atomic mass is 9.80. The molecule has 1 aromatic carbocycles. The van der Waals surface area contributed by atoms with Crippen molar-refractivity contribution in [3.63, 3.8) is 0 Å². The summed E-state index contributed by atoms with van der Waals surface area (Å²) < 4.78 is 10.1. The Kier molecular flexibility index (Phi) is 6.73. The fourth-order valence-corrected chi connectivity index (χ4v) is 3.17. The van der Waals surface area contributed by atoms with Gasteiger partial charge in [-0.3, -0.25) is 10.1 Å². The third-order valence-electron chi connectivity index (χ3n) is 4.11. The number of nitro benzene ring substituents is 1. The molecule has 1 atom stereocenters. The van der Waals surface area contributed by atoms with Gasteiger partial charge in [-0.25, -0.2) is 9.59 Å². The number of esters is 2. The van der Waals surface area contributed by atoms with Crippen LogP contribution in [-0.4, -0.2) is 35.9 Å². The van der Waals surface area contributed by atoms with Gasteiger partial charge in [0.1, 0.15) is 6.61 Å². The first kappa shape index (κ1) is 20.6. The number of carbonyl (C=O) groups is 2. The zero-order valence-electron chi connectivity index (χ0n) is 15.1. The Balaban J connectivity index is 2.65. The van der Waals surface area contributed by atoms with Crippen LogP contribution in [-0.2, 0) is 19.1 Å². The molecular formula is C18H19BrN2O6. The van der Waals surface area contributed by atoms with Crippen molar-refractivity contribution in [2.75, 3.05) is 19.0 Å². The minimum atomic E-state index is -0.846. The lowest BCUT2D eigenvalue weighted by molar-refractivity contribution is -0.384. The molecule has 0 amide bonds. The van der Waals surface area contributed by atoms with E-state index < -0.39 is 22.8 Å². The van der Waals surface area contributed by atoms with E-state index in [-0.39, 0.29) is 23.4 Å². The predicted octanol–water partition coefficient (Wildman–Crippen LogP) is 2.94. The molecule has 0 saturated heterocycles. The van der Waals surface area contributed by atoms with Gasteiger partial charge in [0, 0.05) is 28.9 Å². The molecule has 1 aromatic rings. The molecule has 2 rings (SSSR count). The summed E-state index contributed by atoms with van der Waals surface area (Å²) in [5.74, 6) is -2.08. The topological polar surface area (TPSA) is 108 Å². The average molecular weight is 439 g/mol. The van der Waals surface area contributed by atoms with E-state index in [0.717, 1.165) is 0 Å². The molecule has 144 valence electrons. The van der Waals surface area contributed by atoms with E-state index in [9.17, 15) is 19.7 Å². The molecule has 1 heterocycles. The number of nitrogens with zero attached hydrogens (tertiary/aromatic N) is 1. The normalized spacial score (nSPS) is 16.7. The van der Waals surface area contributed by atoms with Gasteiger partial charge >= 0.3 is 11.9 Å². The summed E-state index contributed by atoms with van der Waals surface area (Å²) in [6.07, 6.45) is 0. The van der Waals surface area contributed by atoms with Crippen LogP contribution in [0.2, 0.25) is 0 Å². The monoisotopic (exact) mass is 438 g/mol. The highest BCUT2D eigenvalue weighted by Crippen LogP contribution is 2.40. The van der Waals surface area contributed by atoms with Crippen LogP contribution in [0.5, 0.6) is 0 Å². The smallest absolute Gasteiger partial charge is 0.336 e. The van der Waals surface area contributed by atoms with E-state index in [1.807, 2.05) is 0 Å². The maximum absolute atomic E-state index is 12.7. The number of rotatable bonds is 6. The molecule has 9 heteroatoms. The van der Waals surface area contributed by atoms with Crippen molar-refractivity contribution in [1.29, 1.82) is 0 Å². The number of dihydropyridines is 1. The van der Waals surface area contributed by atoms with Crippen LogP contribution >= 0.6 is 15.9 Å². The van der Waals surface area contributed by atoms with Crippen molar-refractivity contribution in [2.24, 2.45) is 0 Å². The summed E-state index contributed by atoms with van der Waals surface area (Å²) in [5, 5.41) is 14.6. The van der Waals surface area contributed by atoms with Crippen molar-refractivity contribution in [3.8, 4) is 0 Å². The Bertz CT molecular complexity index is 846. The average Bonchev–Trinajstić information content (AvgIpc) is 2.64. The minimum absolute atomic E-state index is 0.140. The number of nitrogens with one attached hydrogen (secondary N) is 1. The van der Waals surface area contributed by atoms with Crippen molar-refractivity contribution in [2.45, 2.75) is 19.8 Å². The van der Waals surface area contributed by atoms with Gasteiger partial charge in [0.2, 0.25) is 0 Å². The zero-order valence-corrected chi connectivity index (χ0v) is 16.7. The number of nitro groups is 1. The summed E-state index contributed by atoms with van der Waals surface area (Å²) in [4.78, 5) is 35.8. The molecule has 0 bridgehead atoms. The number of allylic oxidation sites excluding steroid dienone is 2. The van der Waals surface area contributed by atoms with Gasteiger partial charge in [-0.2, -0.15) is 0 Å². The Labute approximate surface area is 164 Å². The second-order valence-electron chi connectivity index (χ2n) is 5.80. The van der Waals surface area contributed by atoms with Crippen molar-refractivity contribution in [1.82, 2.24) is 5.32 Å². The van der Waals surface area contributed by atoms with E-state index in [4.69, 9.17) is 9.47 Å². The summed E-state index contributed by atoms with van der Waals surface area (Å²) in [7, 11) is 1.24. The molecule has 1 aliphatic heterocycles. The maximum atomic E-state index is 12.7. The first-order valence-electron chi connectivity index (χ1n) is 8.06. The van der Waals surface area contributed by atoms with Crippen LogP contribution in [0.25, 0.3) is 0 Å². The van der Waals surface area contributed by atoms with E-state index in [2.05, 4.69) is 21.2 Å². The van der Waals surface area contributed by atoms with E-state index in [1.54, 1.807) is 19.9 Å². The molecule has 8 nitrogen and oxygen atoms in total. The molecule has 0 radical (unpaired) electrons. The van der Waals surface area contributed by atoms with Crippen LogP contribution in [0.15, 0.2) is 46.8 Å². The van der Waals surface area contributed by atoms with Crippen LogP contribution < -0.4 is 5.32 Å². The van der Waals surface area contributed by atoms with Gasteiger partial charge in [-0.15, -0.1) is 0 Å². The first-order valence-corrected chi connectivity index (χ1v) is 9.18. The van der Waals surface area contributed by atoms with Gasteiger partial charge in [0.25, 0.3) is 5.69 Å². The SMILES string of the molecule is COC(=O)C1=C(C)NC(C)=C(C(=O)OCCBr)[C@@H]1c1cccc([N+](=O)[O-])c1. The number of ether oxygens (including phenoxy) is 2. The van der Waals surface area contributed by atoms with Gasteiger partial charge in [0.15, 0.2) is 0 Å². The highest BCUT2D eigenvalue weighted by atomic mass is 79.9. The standard InChI is InChI=1S/C18H19BrN2O6/c1-10-14(17(22)26-3)16(12-5-4-6-13(9-12)21(24)25)15(11(2)20-10)18(23)27-8-7-19/h4-6,9,16,20H,7-8H2,1-3H3/t16-/m1/s1. The molecule has 1 aliphatic rings. The summed E-state index contributed by atoms with van der Waals surface area (Å²) in [6, 6.07) is 5.83. The lowest BCUT2D eigenvalue weighted by Crippen LogP contribution is -2.32. The van der Waals surface area contributed by atoms with E-state index in [0.29, 0.717) is 22.3 Å². The number of methoxy groups -OCH3 is 1. The van der Waals surface area contributed by atoms with Crippen LogP contribution in [0.4, 0.5) is 5.69 Å². The number of halogens is 1. The number of alkyl halides is 1. The second-order valence-corrected chi connectivity index (χ2v) is 6.60. The zero-order chi connectivity index (χ0) is 20.1. The quantitative estimate of drug-likeness (QED) is 0.314. The summed E-state index contributed by atoms with van der Waals surface area (Å²) in [6.45, 7) is 3.51. The van der Waals surface area contributed by atoms with Crippen LogP contribution in [0.3, 0.4) is 0 Å². The highest BCUT2D eigenvalue weighted by Gasteiger charge is 2.38. The predicted molar refractivity (Wildman–Crippen MR) is 101 cm³/mol.